The first-order chi connectivity index (χ1) is 9.65. The Morgan fingerprint density at radius 2 is 0.900 bits per heavy atom. The van der Waals surface area contributed by atoms with E-state index in [4.69, 9.17) is 0 Å². The summed E-state index contributed by atoms with van der Waals surface area (Å²) >= 11 is 0. The summed E-state index contributed by atoms with van der Waals surface area (Å²) in [5.74, 6) is 3.87. The van der Waals surface area contributed by atoms with Gasteiger partial charge in [0, 0.05) is 0 Å². The summed E-state index contributed by atoms with van der Waals surface area (Å²) in [6.45, 7) is 14.4. The normalized spacial score (nSPS) is 16.4. The van der Waals surface area contributed by atoms with Crippen molar-refractivity contribution in [2.45, 2.75) is 106 Å². The first kappa shape index (κ1) is 20.0. The third-order valence-corrected chi connectivity index (χ3v) is 5.19. The zero-order valence-corrected chi connectivity index (χ0v) is 15.4. The van der Waals surface area contributed by atoms with Crippen LogP contribution in [0.5, 0.6) is 0 Å². The third kappa shape index (κ3) is 7.14. The lowest BCUT2D eigenvalue weighted by molar-refractivity contribution is 0.125. The van der Waals surface area contributed by atoms with E-state index in [0.29, 0.717) is 0 Å². The number of hydrogen-bond donors (Lipinski definition) is 0. The summed E-state index contributed by atoms with van der Waals surface area (Å²) in [6, 6.07) is 0. The Labute approximate surface area is 130 Å². The summed E-state index contributed by atoms with van der Waals surface area (Å²) < 4.78 is 0. The van der Waals surface area contributed by atoms with E-state index in [-0.39, 0.29) is 0 Å². The van der Waals surface area contributed by atoms with Gasteiger partial charge in [-0.2, -0.15) is 0 Å². The van der Waals surface area contributed by atoms with Crippen LogP contribution in [-0.4, -0.2) is 0 Å². The minimum atomic E-state index is 0.924. The molecule has 0 heterocycles. The molecule has 0 aromatic carbocycles. The topological polar surface area (TPSA) is 0 Å². The second kappa shape index (κ2) is 12.7. The largest absolute Gasteiger partial charge is 0.0654 e. The molecule has 0 aliphatic carbocycles. The molecule has 3 atom stereocenters. The molecule has 3 unspecified atom stereocenters. The van der Waals surface area contributed by atoms with E-state index < -0.39 is 0 Å². The minimum absolute atomic E-state index is 0.924. The Bertz CT molecular complexity index is 190. The summed E-state index contributed by atoms with van der Waals surface area (Å²) in [5, 5.41) is 0. The standard InChI is InChI=1S/C20H42/c1-7-12-17(6)19(15-10-4)20(16-11-5)18(13-8-2)14-9-3/h17-20H,7-16H2,1-6H3. The van der Waals surface area contributed by atoms with Gasteiger partial charge in [-0.15, -0.1) is 0 Å². The van der Waals surface area contributed by atoms with Crippen LogP contribution in [0.1, 0.15) is 106 Å². The first-order valence-electron chi connectivity index (χ1n) is 9.65. The molecular formula is C20H42. The van der Waals surface area contributed by atoms with Gasteiger partial charge < -0.3 is 0 Å². The van der Waals surface area contributed by atoms with Gasteiger partial charge in [0.1, 0.15) is 0 Å². The van der Waals surface area contributed by atoms with Gasteiger partial charge in [0.25, 0.3) is 0 Å². The highest BCUT2D eigenvalue weighted by molar-refractivity contribution is 4.80. The predicted octanol–water partition coefficient (Wildman–Crippen LogP) is 7.47. The lowest BCUT2D eigenvalue weighted by Gasteiger charge is -2.37. The van der Waals surface area contributed by atoms with Crippen LogP contribution in [0.25, 0.3) is 0 Å². The molecule has 0 aromatic rings. The third-order valence-electron chi connectivity index (χ3n) is 5.19. The van der Waals surface area contributed by atoms with Gasteiger partial charge in [0.2, 0.25) is 0 Å². The maximum absolute atomic E-state index is 2.53. The van der Waals surface area contributed by atoms with Crippen molar-refractivity contribution in [1.29, 1.82) is 0 Å². The molecule has 0 spiro atoms. The zero-order valence-electron chi connectivity index (χ0n) is 15.4. The molecule has 0 aliphatic heterocycles. The maximum Gasteiger partial charge on any atom is -0.0355 e. The molecule has 0 radical (unpaired) electrons. The Hall–Kier alpha value is 0. The Morgan fingerprint density at radius 1 is 0.500 bits per heavy atom. The summed E-state index contributed by atoms with van der Waals surface area (Å²) in [5.41, 5.74) is 0. The molecule has 0 fully saturated rings. The van der Waals surface area contributed by atoms with E-state index in [2.05, 4.69) is 41.5 Å². The van der Waals surface area contributed by atoms with Gasteiger partial charge in [-0.05, 0) is 23.7 Å². The second-order valence-electron chi connectivity index (χ2n) is 7.01. The number of hydrogen-bond acceptors (Lipinski definition) is 0. The Kier molecular flexibility index (Phi) is 12.7. The molecule has 0 saturated carbocycles. The van der Waals surface area contributed by atoms with Crippen LogP contribution in [0.3, 0.4) is 0 Å². The van der Waals surface area contributed by atoms with Crippen LogP contribution in [-0.2, 0) is 0 Å². The van der Waals surface area contributed by atoms with Crippen molar-refractivity contribution in [2.24, 2.45) is 23.7 Å². The van der Waals surface area contributed by atoms with Crippen LogP contribution < -0.4 is 0 Å². The van der Waals surface area contributed by atoms with E-state index in [1.807, 2.05) is 0 Å². The summed E-state index contributed by atoms with van der Waals surface area (Å²) in [7, 11) is 0. The van der Waals surface area contributed by atoms with E-state index in [0.717, 1.165) is 23.7 Å². The molecule has 0 nitrogen and oxygen atoms in total. The fourth-order valence-corrected chi connectivity index (χ4v) is 4.37. The van der Waals surface area contributed by atoms with Crippen molar-refractivity contribution in [3.05, 3.63) is 0 Å². The number of rotatable bonds is 13. The second-order valence-corrected chi connectivity index (χ2v) is 7.01. The fourth-order valence-electron chi connectivity index (χ4n) is 4.37. The van der Waals surface area contributed by atoms with Gasteiger partial charge >= 0.3 is 0 Å². The van der Waals surface area contributed by atoms with Crippen LogP contribution >= 0.6 is 0 Å². The predicted molar refractivity (Wildman–Crippen MR) is 94.2 cm³/mol. The average Bonchev–Trinajstić information content (AvgIpc) is 2.43. The van der Waals surface area contributed by atoms with E-state index in [9.17, 15) is 0 Å². The molecule has 0 heteroatoms. The van der Waals surface area contributed by atoms with E-state index in [1.54, 1.807) is 0 Å². The smallest absolute Gasteiger partial charge is 0.0355 e. The zero-order chi connectivity index (χ0) is 15.4. The van der Waals surface area contributed by atoms with E-state index in [1.165, 1.54) is 64.2 Å². The average molecular weight is 283 g/mol. The van der Waals surface area contributed by atoms with Crippen LogP contribution in [0.15, 0.2) is 0 Å². The Morgan fingerprint density at radius 3 is 1.30 bits per heavy atom. The first-order valence-corrected chi connectivity index (χ1v) is 9.65. The summed E-state index contributed by atoms with van der Waals surface area (Å²) in [6.07, 6.45) is 14.1. The fraction of sp³-hybridized carbons (Fsp3) is 1.00. The monoisotopic (exact) mass is 282 g/mol. The molecule has 0 N–H and O–H groups in total. The molecule has 0 saturated heterocycles. The molecule has 0 amide bonds. The van der Waals surface area contributed by atoms with Crippen LogP contribution in [0, 0.1) is 23.7 Å². The van der Waals surface area contributed by atoms with Gasteiger partial charge in [-0.1, -0.05) is 106 Å². The van der Waals surface area contributed by atoms with Crippen molar-refractivity contribution in [1.82, 2.24) is 0 Å². The highest BCUT2D eigenvalue weighted by atomic mass is 14.4. The molecule has 0 bridgehead atoms. The van der Waals surface area contributed by atoms with Gasteiger partial charge in [0.05, 0.1) is 0 Å². The van der Waals surface area contributed by atoms with Gasteiger partial charge in [-0.25, -0.2) is 0 Å². The van der Waals surface area contributed by atoms with Gasteiger partial charge in [0.15, 0.2) is 0 Å². The van der Waals surface area contributed by atoms with Gasteiger partial charge in [-0.3, -0.25) is 0 Å². The lowest BCUT2D eigenvalue weighted by atomic mass is 9.68. The van der Waals surface area contributed by atoms with Crippen molar-refractivity contribution >= 4 is 0 Å². The molecule has 0 aliphatic rings. The van der Waals surface area contributed by atoms with Crippen LogP contribution in [0.4, 0.5) is 0 Å². The Balaban J connectivity index is 4.99. The SMILES string of the molecule is CCCC(C)C(CCC)C(CCC)C(CCC)CCC. The lowest BCUT2D eigenvalue weighted by Crippen LogP contribution is -2.28. The highest BCUT2D eigenvalue weighted by Crippen LogP contribution is 2.40. The highest BCUT2D eigenvalue weighted by Gasteiger charge is 2.30. The van der Waals surface area contributed by atoms with Crippen molar-refractivity contribution in [3.63, 3.8) is 0 Å². The molecule has 0 rings (SSSR count). The van der Waals surface area contributed by atoms with Crippen molar-refractivity contribution < 1.29 is 0 Å². The molecule has 20 heavy (non-hydrogen) atoms. The van der Waals surface area contributed by atoms with Crippen molar-refractivity contribution in [3.8, 4) is 0 Å². The minimum Gasteiger partial charge on any atom is -0.0654 e. The van der Waals surface area contributed by atoms with Crippen LogP contribution in [0.2, 0.25) is 0 Å². The summed E-state index contributed by atoms with van der Waals surface area (Å²) in [4.78, 5) is 0. The maximum atomic E-state index is 2.53. The quantitative estimate of drug-likeness (QED) is 0.328. The molecular weight excluding hydrogens is 240 g/mol. The molecule has 0 aromatic heterocycles. The van der Waals surface area contributed by atoms with Crippen molar-refractivity contribution in [2.75, 3.05) is 0 Å². The van der Waals surface area contributed by atoms with E-state index >= 15 is 0 Å². The molecule has 122 valence electrons.